The van der Waals surface area contributed by atoms with Crippen molar-refractivity contribution < 1.29 is 13.6 Å². The second kappa shape index (κ2) is 10.4. The van der Waals surface area contributed by atoms with Crippen LogP contribution in [0.25, 0.3) is 11.2 Å². The highest BCUT2D eigenvalue weighted by Crippen LogP contribution is 2.44. The number of nitrogens with two attached hydrogens (primary N) is 1. The Hall–Kier alpha value is -3.23. The lowest BCUT2D eigenvalue weighted by Crippen LogP contribution is -2.38. The van der Waals surface area contributed by atoms with Gasteiger partial charge in [-0.2, -0.15) is 10.2 Å². The minimum absolute atomic E-state index is 0.0722. The van der Waals surface area contributed by atoms with E-state index in [9.17, 15) is 18.8 Å². The van der Waals surface area contributed by atoms with Gasteiger partial charge >= 0.3 is 0 Å². The van der Waals surface area contributed by atoms with E-state index >= 15 is 0 Å². The van der Waals surface area contributed by atoms with Crippen LogP contribution in [-0.4, -0.2) is 37.4 Å². The molecule has 39 heavy (non-hydrogen) atoms. The van der Waals surface area contributed by atoms with Crippen LogP contribution in [0, 0.1) is 16.7 Å². The number of imidazole rings is 1. The summed E-state index contributed by atoms with van der Waals surface area (Å²) >= 11 is 12.9. The van der Waals surface area contributed by atoms with Crippen LogP contribution in [0.2, 0.25) is 10.0 Å². The van der Waals surface area contributed by atoms with E-state index in [2.05, 4.69) is 15.6 Å². The minimum atomic E-state index is -2.63. The molecule has 4 N–H and O–H groups in total. The van der Waals surface area contributed by atoms with E-state index in [-0.39, 0.29) is 40.9 Å². The summed E-state index contributed by atoms with van der Waals surface area (Å²) in [7, 11) is 0. The lowest BCUT2D eigenvalue weighted by Gasteiger charge is -2.35. The molecule has 0 saturated heterocycles. The molecule has 5 rings (SSSR count). The number of anilines is 3. The smallest absolute Gasteiger partial charge is 0.248 e. The second-order valence-electron chi connectivity index (χ2n) is 10.7. The largest absolute Gasteiger partial charge is 0.369 e. The normalized spacial score (nSPS) is 23.3. The van der Waals surface area contributed by atoms with Crippen LogP contribution >= 0.6 is 23.2 Å². The minimum Gasteiger partial charge on any atom is -0.369 e. The number of nitrogens with zero attached hydrogens (tertiary/aromatic N) is 5. The molecule has 1 aromatic carbocycles. The van der Waals surface area contributed by atoms with Gasteiger partial charge in [0.2, 0.25) is 23.7 Å². The van der Waals surface area contributed by atoms with E-state index in [1.807, 2.05) is 17.6 Å². The molecule has 2 aliphatic rings. The van der Waals surface area contributed by atoms with Crippen molar-refractivity contribution in [1.82, 2.24) is 19.5 Å². The Morgan fingerprint density at radius 2 is 1.77 bits per heavy atom. The summed E-state index contributed by atoms with van der Waals surface area (Å²) in [6.07, 6.45) is 4.38. The number of carbonyl (C=O) groups is 1. The predicted molar refractivity (Wildman–Crippen MR) is 145 cm³/mol. The summed E-state index contributed by atoms with van der Waals surface area (Å²) < 4.78 is 29.2. The van der Waals surface area contributed by atoms with E-state index in [0.29, 0.717) is 72.8 Å². The van der Waals surface area contributed by atoms with Gasteiger partial charge in [0.25, 0.3) is 0 Å². The number of aromatic nitrogens is 4. The number of carbonyl (C=O) groups excluding carboxylic acids is 1. The van der Waals surface area contributed by atoms with Crippen molar-refractivity contribution in [2.24, 2.45) is 11.1 Å². The van der Waals surface area contributed by atoms with Crippen molar-refractivity contribution in [2.75, 3.05) is 10.6 Å². The van der Waals surface area contributed by atoms with Gasteiger partial charge in [0.05, 0.1) is 33.6 Å². The number of nitriles is 1. The number of hydrogen-bond acceptors (Lipinski definition) is 7. The summed E-state index contributed by atoms with van der Waals surface area (Å²) in [6.45, 7) is 1.88. The standard InChI is InChI=1S/C26H28Cl2F2N8O/c1-25(22(32)39)6-4-16(5-7-25)38-21-19(13-33-23(37-21)34-15-2-8-26(29,30)9-3-15)35-24(38)36-20-17(27)10-14(12-31)11-18(20)28/h10-11,13,15-16H,2-9H2,1H3,(H2,32,39)(H,35,36)(H,33,34,37)/t16-,25-. The van der Waals surface area contributed by atoms with E-state index < -0.39 is 11.3 Å². The zero-order chi connectivity index (χ0) is 27.9. The molecule has 0 radical (unpaired) electrons. The lowest BCUT2D eigenvalue weighted by molar-refractivity contribution is -0.128. The molecule has 0 aliphatic heterocycles. The van der Waals surface area contributed by atoms with Crippen molar-refractivity contribution in [3.8, 4) is 6.07 Å². The Labute approximate surface area is 234 Å². The van der Waals surface area contributed by atoms with Gasteiger partial charge in [0.15, 0.2) is 5.65 Å². The van der Waals surface area contributed by atoms with Crippen LogP contribution in [0.4, 0.5) is 26.4 Å². The van der Waals surface area contributed by atoms with Crippen LogP contribution in [0.3, 0.4) is 0 Å². The summed E-state index contributed by atoms with van der Waals surface area (Å²) in [4.78, 5) is 25.9. The third-order valence-electron chi connectivity index (χ3n) is 7.91. The third-order valence-corrected chi connectivity index (χ3v) is 8.51. The first-order valence-electron chi connectivity index (χ1n) is 12.8. The van der Waals surface area contributed by atoms with Crippen molar-refractivity contribution in [3.63, 3.8) is 0 Å². The number of primary amides is 1. The van der Waals surface area contributed by atoms with Crippen molar-refractivity contribution in [2.45, 2.75) is 76.3 Å². The predicted octanol–water partition coefficient (Wildman–Crippen LogP) is 6.34. The van der Waals surface area contributed by atoms with Crippen molar-refractivity contribution in [3.05, 3.63) is 33.9 Å². The number of benzene rings is 1. The molecule has 0 atom stereocenters. The number of alkyl halides is 2. The molecule has 2 aliphatic carbocycles. The van der Waals surface area contributed by atoms with Gasteiger partial charge in [0, 0.05) is 30.3 Å². The lowest BCUT2D eigenvalue weighted by atomic mass is 9.73. The van der Waals surface area contributed by atoms with Crippen molar-refractivity contribution >= 4 is 57.9 Å². The molecule has 2 heterocycles. The van der Waals surface area contributed by atoms with Gasteiger partial charge in [-0.1, -0.05) is 30.1 Å². The highest BCUT2D eigenvalue weighted by Gasteiger charge is 2.38. The van der Waals surface area contributed by atoms with Gasteiger partial charge in [-0.25, -0.2) is 18.7 Å². The topological polar surface area (TPSA) is 135 Å². The summed E-state index contributed by atoms with van der Waals surface area (Å²) in [5, 5.41) is 16.2. The molecule has 0 spiro atoms. The van der Waals surface area contributed by atoms with Crippen LogP contribution in [-0.2, 0) is 4.79 Å². The molecule has 2 saturated carbocycles. The van der Waals surface area contributed by atoms with E-state index in [0.717, 1.165) is 0 Å². The zero-order valence-corrected chi connectivity index (χ0v) is 22.8. The molecular weight excluding hydrogens is 549 g/mol. The summed E-state index contributed by atoms with van der Waals surface area (Å²) in [5.74, 6) is -2.19. The van der Waals surface area contributed by atoms with Gasteiger partial charge in [-0.05, 0) is 50.7 Å². The molecule has 0 bridgehead atoms. The average molecular weight is 577 g/mol. The first-order valence-corrected chi connectivity index (χ1v) is 13.6. The zero-order valence-electron chi connectivity index (χ0n) is 21.3. The number of nitrogens with one attached hydrogen (secondary N) is 2. The molecule has 2 fully saturated rings. The Bertz CT molecular complexity index is 1430. The number of fused-ring (bicyclic) bond motifs is 1. The maximum absolute atomic E-state index is 13.6. The summed E-state index contributed by atoms with van der Waals surface area (Å²) in [6, 6.07) is 4.82. The number of hydrogen-bond donors (Lipinski definition) is 3. The number of amides is 1. The summed E-state index contributed by atoms with van der Waals surface area (Å²) in [5.41, 5.74) is 6.86. The molecular formula is C26H28Cl2F2N8O. The highest BCUT2D eigenvalue weighted by atomic mass is 35.5. The monoisotopic (exact) mass is 576 g/mol. The molecule has 0 unspecified atom stereocenters. The molecule has 13 heteroatoms. The Morgan fingerprint density at radius 3 is 2.36 bits per heavy atom. The molecule has 2 aromatic heterocycles. The maximum atomic E-state index is 13.6. The average Bonchev–Trinajstić information content (AvgIpc) is 3.25. The van der Waals surface area contributed by atoms with E-state index in [1.165, 1.54) is 12.1 Å². The quantitative estimate of drug-likeness (QED) is 0.311. The SMILES string of the molecule is C[C@]1(C(N)=O)CC[C@H](n2c(Nc3c(Cl)cc(C#N)cc3Cl)nc3cnc(NC4CCC(F)(F)CC4)nc32)CC1. The fraction of sp³-hybridized carbons (Fsp3) is 0.500. The van der Waals surface area contributed by atoms with Gasteiger partial charge in [-0.3, -0.25) is 9.36 Å². The molecule has 1 amide bonds. The fourth-order valence-electron chi connectivity index (χ4n) is 5.37. The fourth-order valence-corrected chi connectivity index (χ4v) is 5.96. The van der Waals surface area contributed by atoms with Crippen molar-refractivity contribution in [1.29, 1.82) is 5.26 Å². The van der Waals surface area contributed by atoms with Gasteiger partial charge in [-0.15, -0.1) is 0 Å². The number of rotatable bonds is 6. The van der Waals surface area contributed by atoms with Gasteiger partial charge < -0.3 is 16.4 Å². The van der Waals surface area contributed by atoms with E-state index in [4.69, 9.17) is 38.9 Å². The molecule has 206 valence electrons. The second-order valence-corrected chi connectivity index (χ2v) is 11.5. The molecule has 9 nitrogen and oxygen atoms in total. The Morgan fingerprint density at radius 1 is 1.13 bits per heavy atom. The van der Waals surface area contributed by atoms with Crippen LogP contribution in [0.15, 0.2) is 18.3 Å². The first kappa shape index (κ1) is 27.3. The Kier molecular flexibility index (Phi) is 7.29. The van der Waals surface area contributed by atoms with Crippen LogP contribution in [0.1, 0.15) is 69.9 Å². The highest BCUT2D eigenvalue weighted by molar-refractivity contribution is 6.39. The number of halogens is 4. The van der Waals surface area contributed by atoms with Crippen LogP contribution in [0.5, 0.6) is 0 Å². The third kappa shape index (κ3) is 5.58. The molecule has 3 aromatic rings. The van der Waals surface area contributed by atoms with E-state index in [1.54, 1.807) is 6.20 Å². The van der Waals surface area contributed by atoms with Crippen LogP contribution < -0.4 is 16.4 Å². The maximum Gasteiger partial charge on any atom is 0.248 e. The van der Waals surface area contributed by atoms with Gasteiger partial charge in [0.1, 0.15) is 5.52 Å². The Balaban J connectivity index is 1.51. The first-order chi connectivity index (χ1) is 18.5.